The number of halogens is 4. The van der Waals surface area contributed by atoms with Crippen LogP contribution in [-0.2, 0) is 6.42 Å². The molecule has 1 heterocycles. The summed E-state index contributed by atoms with van der Waals surface area (Å²) in [5.41, 5.74) is 0. The van der Waals surface area contributed by atoms with E-state index in [0.29, 0.717) is 25.5 Å². The van der Waals surface area contributed by atoms with Gasteiger partial charge in [-0.3, -0.25) is 4.99 Å². The highest BCUT2D eigenvalue weighted by atomic mass is 127. The topological polar surface area (TPSA) is 49.6 Å². The standard InChI is InChI=1S/C13H20F3N3O.HI/c1-17-12(18-8-3-2-7-13(14,15)16)19-9-6-11-5-4-10-20-11;/h4-5,10H,2-3,6-9H2,1H3,(H2,17,18,19);1H. The van der Waals surface area contributed by atoms with Gasteiger partial charge in [0.15, 0.2) is 5.96 Å². The molecule has 0 bridgehead atoms. The van der Waals surface area contributed by atoms with Crippen LogP contribution in [0.4, 0.5) is 13.2 Å². The Bertz CT molecular complexity index is 394. The predicted molar refractivity (Wildman–Crippen MR) is 87.1 cm³/mol. The summed E-state index contributed by atoms with van der Waals surface area (Å²) in [6.45, 7) is 1.12. The van der Waals surface area contributed by atoms with Crippen LogP contribution in [0.25, 0.3) is 0 Å². The predicted octanol–water partition coefficient (Wildman–Crippen LogP) is 3.34. The molecule has 0 amide bonds. The summed E-state index contributed by atoms with van der Waals surface area (Å²) in [7, 11) is 1.62. The summed E-state index contributed by atoms with van der Waals surface area (Å²) in [6, 6.07) is 3.71. The van der Waals surface area contributed by atoms with Crippen molar-refractivity contribution in [3.8, 4) is 0 Å². The molecule has 8 heteroatoms. The van der Waals surface area contributed by atoms with Crippen LogP contribution in [0.1, 0.15) is 25.0 Å². The first kappa shape index (κ1) is 20.1. The van der Waals surface area contributed by atoms with Crippen molar-refractivity contribution in [1.82, 2.24) is 10.6 Å². The first-order chi connectivity index (χ1) is 9.51. The number of alkyl halides is 3. The molecule has 1 aromatic heterocycles. The van der Waals surface area contributed by atoms with Crippen molar-refractivity contribution in [1.29, 1.82) is 0 Å². The average molecular weight is 419 g/mol. The molecule has 0 aliphatic rings. The van der Waals surface area contributed by atoms with Gasteiger partial charge in [0.1, 0.15) is 5.76 Å². The second-order valence-corrected chi connectivity index (χ2v) is 4.33. The van der Waals surface area contributed by atoms with Crippen LogP contribution in [0.3, 0.4) is 0 Å². The summed E-state index contributed by atoms with van der Waals surface area (Å²) >= 11 is 0. The Morgan fingerprint density at radius 2 is 1.95 bits per heavy atom. The first-order valence-corrected chi connectivity index (χ1v) is 6.55. The van der Waals surface area contributed by atoms with Crippen LogP contribution in [0.2, 0.25) is 0 Å². The highest BCUT2D eigenvalue weighted by molar-refractivity contribution is 14.0. The number of aliphatic imine (C=N–C) groups is 1. The minimum absolute atomic E-state index is 0. The van der Waals surface area contributed by atoms with Gasteiger partial charge >= 0.3 is 6.18 Å². The van der Waals surface area contributed by atoms with Gasteiger partial charge in [0.25, 0.3) is 0 Å². The molecule has 0 spiro atoms. The Morgan fingerprint density at radius 1 is 1.24 bits per heavy atom. The second-order valence-electron chi connectivity index (χ2n) is 4.33. The van der Waals surface area contributed by atoms with E-state index in [1.807, 2.05) is 12.1 Å². The number of nitrogens with zero attached hydrogens (tertiary/aromatic N) is 1. The van der Waals surface area contributed by atoms with E-state index in [9.17, 15) is 13.2 Å². The van der Waals surface area contributed by atoms with E-state index in [0.717, 1.165) is 12.2 Å². The third kappa shape index (κ3) is 10.4. The van der Waals surface area contributed by atoms with E-state index >= 15 is 0 Å². The lowest BCUT2D eigenvalue weighted by Crippen LogP contribution is -2.38. The largest absolute Gasteiger partial charge is 0.469 e. The van der Waals surface area contributed by atoms with E-state index in [2.05, 4.69) is 15.6 Å². The normalized spacial score (nSPS) is 11.9. The highest BCUT2D eigenvalue weighted by Gasteiger charge is 2.25. The monoisotopic (exact) mass is 419 g/mol. The molecule has 0 atom stereocenters. The van der Waals surface area contributed by atoms with Crippen molar-refractivity contribution in [2.45, 2.75) is 31.9 Å². The Labute approximate surface area is 139 Å². The van der Waals surface area contributed by atoms with E-state index in [1.165, 1.54) is 0 Å². The summed E-state index contributed by atoms with van der Waals surface area (Å²) in [5, 5.41) is 6.05. The van der Waals surface area contributed by atoms with Gasteiger partial charge in [-0.15, -0.1) is 24.0 Å². The lowest BCUT2D eigenvalue weighted by molar-refractivity contribution is -0.135. The maximum Gasteiger partial charge on any atom is 0.389 e. The third-order valence-corrected chi connectivity index (χ3v) is 2.65. The summed E-state index contributed by atoms with van der Waals surface area (Å²) in [4.78, 5) is 3.99. The Hall–Kier alpha value is -0.930. The van der Waals surface area contributed by atoms with Gasteiger partial charge in [-0.1, -0.05) is 0 Å². The van der Waals surface area contributed by atoms with Crippen molar-refractivity contribution in [3.63, 3.8) is 0 Å². The molecular weight excluding hydrogens is 398 g/mol. The molecule has 0 aliphatic carbocycles. The van der Waals surface area contributed by atoms with E-state index in [4.69, 9.17) is 4.42 Å². The van der Waals surface area contributed by atoms with Crippen molar-refractivity contribution < 1.29 is 17.6 Å². The zero-order valence-corrected chi connectivity index (χ0v) is 14.2. The molecule has 0 unspecified atom stereocenters. The van der Waals surface area contributed by atoms with Crippen molar-refractivity contribution in [2.75, 3.05) is 20.1 Å². The summed E-state index contributed by atoms with van der Waals surface area (Å²) < 4.78 is 41.0. The number of nitrogens with one attached hydrogen (secondary N) is 2. The maximum absolute atomic E-state index is 11.9. The highest BCUT2D eigenvalue weighted by Crippen LogP contribution is 2.21. The molecule has 0 saturated carbocycles. The van der Waals surface area contributed by atoms with Crippen LogP contribution in [-0.4, -0.2) is 32.3 Å². The zero-order valence-electron chi connectivity index (χ0n) is 11.9. The molecule has 122 valence electrons. The van der Waals surface area contributed by atoms with Gasteiger partial charge in [0.2, 0.25) is 0 Å². The fourth-order valence-corrected chi connectivity index (χ4v) is 1.64. The maximum atomic E-state index is 11.9. The number of rotatable bonds is 7. The van der Waals surface area contributed by atoms with Gasteiger partial charge in [-0.05, 0) is 25.0 Å². The Kier molecular flexibility index (Phi) is 10.3. The lowest BCUT2D eigenvalue weighted by Gasteiger charge is -2.11. The molecule has 0 aliphatic heterocycles. The number of hydrogen-bond donors (Lipinski definition) is 2. The summed E-state index contributed by atoms with van der Waals surface area (Å²) in [5.74, 6) is 1.46. The lowest BCUT2D eigenvalue weighted by atomic mass is 10.2. The first-order valence-electron chi connectivity index (χ1n) is 6.55. The van der Waals surface area contributed by atoms with Crippen molar-refractivity contribution in [3.05, 3.63) is 24.2 Å². The van der Waals surface area contributed by atoms with Gasteiger partial charge in [0.05, 0.1) is 6.26 Å². The zero-order chi connectivity index (χ0) is 14.8. The number of unbranched alkanes of at least 4 members (excludes halogenated alkanes) is 1. The molecule has 0 aromatic carbocycles. The molecule has 0 radical (unpaired) electrons. The van der Waals surface area contributed by atoms with E-state index < -0.39 is 12.6 Å². The van der Waals surface area contributed by atoms with E-state index in [-0.39, 0.29) is 30.4 Å². The SMILES string of the molecule is CN=C(NCCCCC(F)(F)F)NCCc1ccco1.I. The Morgan fingerprint density at radius 3 is 2.52 bits per heavy atom. The molecule has 0 saturated heterocycles. The quantitative estimate of drug-likeness (QED) is 0.309. The molecule has 2 N–H and O–H groups in total. The fourth-order valence-electron chi connectivity index (χ4n) is 1.64. The summed E-state index contributed by atoms with van der Waals surface area (Å²) in [6.07, 6.45) is -1.88. The van der Waals surface area contributed by atoms with E-state index in [1.54, 1.807) is 13.3 Å². The van der Waals surface area contributed by atoms with Crippen LogP contribution in [0.15, 0.2) is 27.8 Å². The average Bonchev–Trinajstić information content (AvgIpc) is 2.88. The van der Waals surface area contributed by atoms with Gasteiger partial charge in [-0.2, -0.15) is 13.2 Å². The van der Waals surface area contributed by atoms with Gasteiger partial charge < -0.3 is 15.1 Å². The minimum atomic E-state index is -4.07. The van der Waals surface area contributed by atoms with Gasteiger partial charge in [0, 0.05) is 33.0 Å². The number of guanidine groups is 1. The van der Waals surface area contributed by atoms with Crippen molar-refractivity contribution >= 4 is 29.9 Å². The van der Waals surface area contributed by atoms with Crippen LogP contribution in [0, 0.1) is 0 Å². The third-order valence-electron chi connectivity index (χ3n) is 2.65. The molecular formula is C13H21F3IN3O. The minimum Gasteiger partial charge on any atom is -0.469 e. The number of hydrogen-bond acceptors (Lipinski definition) is 2. The molecule has 0 fully saturated rings. The van der Waals surface area contributed by atoms with Crippen molar-refractivity contribution in [2.24, 2.45) is 4.99 Å². The van der Waals surface area contributed by atoms with Crippen LogP contribution < -0.4 is 10.6 Å². The molecule has 1 aromatic rings. The smallest absolute Gasteiger partial charge is 0.389 e. The van der Waals surface area contributed by atoms with Crippen LogP contribution >= 0.6 is 24.0 Å². The molecule has 4 nitrogen and oxygen atoms in total. The Balaban J connectivity index is 0.00000400. The molecule has 21 heavy (non-hydrogen) atoms. The van der Waals surface area contributed by atoms with Gasteiger partial charge in [-0.25, -0.2) is 0 Å². The molecule has 1 rings (SSSR count). The fraction of sp³-hybridized carbons (Fsp3) is 0.615. The second kappa shape index (κ2) is 10.7. The number of furan rings is 1. The van der Waals surface area contributed by atoms with Crippen LogP contribution in [0.5, 0.6) is 0 Å².